The van der Waals surface area contributed by atoms with Crippen molar-refractivity contribution in [3.63, 3.8) is 0 Å². The first-order valence-corrected chi connectivity index (χ1v) is 7.85. The molecule has 3 aromatic rings. The summed E-state index contributed by atoms with van der Waals surface area (Å²) in [4.78, 5) is 20.8. The number of pyridine rings is 1. The van der Waals surface area contributed by atoms with Gasteiger partial charge in [0.25, 0.3) is 0 Å². The van der Waals surface area contributed by atoms with Crippen molar-refractivity contribution in [3.8, 4) is 11.3 Å². The number of hydrogen-bond acceptors (Lipinski definition) is 5. The molecule has 2 heterocycles. The maximum Gasteiger partial charge on any atom is 0.328 e. The molecule has 0 aliphatic rings. The van der Waals surface area contributed by atoms with E-state index in [1.807, 2.05) is 30.3 Å². The predicted molar refractivity (Wildman–Crippen MR) is 93.7 cm³/mol. The van der Waals surface area contributed by atoms with Crippen LogP contribution in [-0.4, -0.2) is 28.1 Å². The highest BCUT2D eigenvalue weighted by atomic mass is 32.1. The third-order valence-electron chi connectivity index (χ3n) is 3.40. The first kappa shape index (κ1) is 15.2. The fourth-order valence-electron chi connectivity index (χ4n) is 2.34. The largest absolute Gasteiger partial charge is 0.478 e. The molecule has 0 aliphatic carbocycles. The van der Waals surface area contributed by atoms with E-state index in [4.69, 9.17) is 5.11 Å². The van der Waals surface area contributed by atoms with Gasteiger partial charge in [0.15, 0.2) is 5.13 Å². The Labute approximate surface area is 137 Å². The maximum absolute atomic E-state index is 11.0. The van der Waals surface area contributed by atoms with Gasteiger partial charge in [-0.1, -0.05) is 29.5 Å². The van der Waals surface area contributed by atoms with Crippen molar-refractivity contribution in [2.45, 2.75) is 6.92 Å². The second-order valence-electron chi connectivity index (χ2n) is 5.03. The van der Waals surface area contributed by atoms with E-state index in [-0.39, 0.29) is 0 Å². The average Bonchev–Trinajstić information content (AvgIpc) is 2.98. The van der Waals surface area contributed by atoms with Crippen molar-refractivity contribution < 1.29 is 9.90 Å². The number of rotatable bonds is 4. The molecule has 23 heavy (non-hydrogen) atoms. The fraction of sp³-hybridized carbons (Fsp3) is 0.118. The molecule has 0 unspecified atom stereocenters. The Bertz CT molecular complexity index is 915. The summed E-state index contributed by atoms with van der Waals surface area (Å²) < 4.78 is 0. The van der Waals surface area contributed by atoms with Gasteiger partial charge in [0.05, 0.1) is 16.1 Å². The lowest BCUT2D eigenvalue weighted by atomic mass is 10.1. The number of nitrogens with one attached hydrogen (secondary N) is 1. The Morgan fingerprint density at radius 1 is 1.35 bits per heavy atom. The van der Waals surface area contributed by atoms with Crippen LogP contribution in [0.4, 0.5) is 5.13 Å². The monoisotopic (exact) mass is 325 g/mol. The Morgan fingerprint density at radius 2 is 2.13 bits per heavy atom. The quantitative estimate of drug-likeness (QED) is 0.712. The lowest BCUT2D eigenvalue weighted by Crippen LogP contribution is -1.91. The zero-order chi connectivity index (χ0) is 16.4. The summed E-state index contributed by atoms with van der Waals surface area (Å²) in [6.45, 7) is 1.78. The molecule has 0 saturated carbocycles. The van der Waals surface area contributed by atoms with Gasteiger partial charge >= 0.3 is 5.97 Å². The molecule has 5 nitrogen and oxygen atoms in total. The molecule has 116 valence electrons. The second kappa shape index (κ2) is 6.18. The number of para-hydroxylation sites is 1. The summed E-state index contributed by atoms with van der Waals surface area (Å²) >= 11 is 1.43. The van der Waals surface area contributed by atoms with Gasteiger partial charge in [-0.05, 0) is 24.6 Å². The van der Waals surface area contributed by atoms with E-state index >= 15 is 0 Å². The van der Waals surface area contributed by atoms with Crippen LogP contribution >= 0.6 is 11.3 Å². The minimum atomic E-state index is -0.968. The Kier molecular flexibility index (Phi) is 4.08. The van der Waals surface area contributed by atoms with Crippen molar-refractivity contribution >= 4 is 38.9 Å². The number of aliphatic carboxylic acids is 1. The molecule has 0 atom stereocenters. The average molecular weight is 325 g/mol. The minimum Gasteiger partial charge on any atom is -0.478 e. The van der Waals surface area contributed by atoms with Crippen molar-refractivity contribution in [1.82, 2.24) is 9.97 Å². The number of carbonyl (C=O) groups is 1. The number of nitrogens with zero attached hydrogens (tertiary/aromatic N) is 2. The van der Waals surface area contributed by atoms with E-state index in [1.54, 1.807) is 20.2 Å². The van der Waals surface area contributed by atoms with Crippen molar-refractivity contribution in [2.24, 2.45) is 0 Å². The normalized spacial score (nSPS) is 11.7. The van der Waals surface area contributed by atoms with Crippen molar-refractivity contribution in [2.75, 3.05) is 12.4 Å². The number of benzene rings is 1. The molecule has 1 aromatic carbocycles. The molecule has 2 N–H and O–H groups in total. The van der Waals surface area contributed by atoms with Crippen molar-refractivity contribution in [3.05, 3.63) is 47.5 Å². The maximum atomic E-state index is 11.0. The van der Waals surface area contributed by atoms with Crippen LogP contribution < -0.4 is 5.32 Å². The van der Waals surface area contributed by atoms with Gasteiger partial charge in [-0.25, -0.2) is 9.78 Å². The Morgan fingerprint density at radius 3 is 2.87 bits per heavy atom. The van der Waals surface area contributed by atoms with Gasteiger partial charge in [-0.3, -0.25) is 4.98 Å². The zero-order valence-corrected chi connectivity index (χ0v) is 13.5. The van der Waals surface area contributed by atoms with Crippen LogP contribution in [0, 0.1) is 0 Å². The molecule has 3 rings (SSSR count). The smallest absolute Gasteiger partial charge is 0.328 e. The summed E-state index contributed by atoms with van der Waals surface area (Å²) in [5.74, 6) is -0.968. The molecular formula is C17H15N3O2S. The molecule has 0 bridgehead atoms. The number of hydrogen-bond donors (Lipinski definition) is 2. The van der Waals surface area contributed by atoms with Crippen LogP contribution in [0.5, 0.6) is 0 Å². The molecule has 2 aromatic heterocycles. The van der Waals surface area contributed by atoms with E-state index in [0.717, 1.165) is 32.2 Å². The van der Waals surface area contributed by atoms with Crippen molar-refractivity contribution in [1.29, 1.82) is 0 Å². The van der Waals surface area contributed by atoms with E-state index in [0.29, 0.717) is 5.57 Å². The minimum absolute atomic E-state index is 0.666. The summed E-state index contributed by atoms with van der Waals surface area (Å²) in [6, 6.07) is 9.88. The lowest BCUT2D eigenvalue weighted by Gasteiger charge is -2.04. The Hall–Kier alpha value is -2.73. The molecule has 0 aliphatic heterocycles. The van der Waals surface area contributed by atoms with Gasteiger partial charge in [0, 0.05) is 30.3 Å². The second-order valence-corrected chi connectivity index (χ2v) is 6.03. The molecular weight excluding hydrogens is 310 g/mol. The van der Waals surface area contributed by atoms with Gasteiger partial charge < -0.3 is 10.4 Å². The molecule has 0 saturated heterocycles. The number of allylic oxidation sites excluding steroid dienone is 1. The van der Waals surface area contributed by atoms with E-state index in [2.05, 4.69) is 15.3 Å². The van der Waals surface area contributed by atoms with Gasteiger partial charge in [-0.15, -0.1) is 0 Å². The van der Waals surface area contributed by atoms with Gasteiger partial charge in [-0.2, -0.15) is 0 Å². The predicted octanol–water partition coefficient (Wildman–Crippen LogP) is 3.89. The topological polar surface area (TPSA) is 75.1 Å². The van der Waals surface area contributed by atoms with E-state index < -0.39 is 5.97 Å². The molecule has 0 radical (unpaired) electrons. The summed E-state index contributed by atoms with van der Waals surface area (Å²) in [5, 5.41) is 13.8. The number of carboxylic acids is 1. The standard InChI is InChI=1S/C17H15N3O2S/c1-10(7-14(21)22)16-15(20-17(18-2)23-16)12-8-11-5-3-4-6-13(11)19-9-12/h3-9H,1-2H3,(H,18,20)(H,21,22)/b10-7+. The molecule has 0 fully saturated rings. The Balaban J connectivity index is 2.17. The van der Waals surface area contributed by atoms with E-state index in [9.17, 15) is 4.79 Å². The highest BCUT2D eigenvalue weighted by Gasteiger charge is 2.15. The van der Waals surface area contributed by atoms with Crippen LogP contribution in [0.3, 0.4) is 0 Å². The van der Waals surface area contributed by atoms with Gasteiger partial charge in [0.1, 0.15) is 0 Å². The summed E-state index contributed by atoms with van der Waals surface area (Å²) in [6.07, 6.45) is 2.97. The summed E-state index contributed by atoms with van der Waals surface area (Å²) in [7, 11) is 1.79. The van der Waals surface area contributed by atoms with Crippen LogP contribution in [-0.2, 0) is 4.79 Å². The van der Waals surface area contributed by atoms with Crippen LogP contribution in [0.1, 0.15) is 11.8 Å². The van der Waals surface area contributed by atoms with Crippen LogP contribution in [0.2, 0.25) is 0 Å². The molecule has 6 heteroatoms. The first-order valence-electron chi connectivity index (χ1n) is 7.04. The van der Waals surface area contributed by atoms with E-state index in [1.165, 1.54) is 17.4 Å². The SMILES string of the molecule is CNc1nc(-c2cnc3ccccc3c2)c(/C(C)=C/C(=O)O)s1. The van der Waals surface area contributed by atoms with Gasteiger partial charge in [0.2, 0.25) is 0 Å². The zero-order valence-electron chi connectivity index (χ0n) is 12.7. The number of carboxylic acid groups (broad SMARTS) is 1. The lowest BCUT2D eigenvalue weighted by molar-refractivity contribution is -0.131. The number of aromatic nitrogens is 2. The van der Waals surface area contributed by atoms with Crippen LogP contribution in [0.15, 0.2) is 42.6 Å². The first-order chi connectivity index (χ1) is 11.1. The third-order valence-corrected chi connectivity index (χ3v) is 4.61. The highest BCUT2D eigenvalue weighted by Crippen LogP contribution is 2.36. The summed E-state index contributed by atoms with van der Waals surface area (Å²) in [5.41, 5.74) is 3.20. The third kappa shape index (κ3) is 3.07. The fourth-order valence-corrected chi connectivity index (χ4v) is 3.25. The number of fused-ring (bicyclic) bond motifs is 1. The highest BCUT2D eigenvalue weighted by molar-refractivity contribution is 7.17. The van der Waals surface area contributed by atoms with Crippen LogP contribution in [0.25, 0.3) is 27.7 Å². The number of thiazole rings is 1. The number of anilines is 1. The molecule has 0 amide bonds. The molecule has 0 spiro atoms.